The molecule has 100 valence electrons. The fourth-order valence-electron chi connectivity index (χ4n) is 1.58. The molecule has 0 saturated heterocycles. The molecule has 1 aliphatic rings. The molecule has 0 N–H and O–H groups in total. The smallest absolute Gasteiger partial charge is 0.313 e. The van der Waals surface area contributed by atoms with Crippen molar-refractivity contribution < 1.29 is 14.4 Å². The Kier molecular flexibility index (Phi) is 4.39. The van der Waals surface area contributed by atoms with Crippen LogP contribution in [0.3, 0.4) is 0 Å². The molecule has 0 aromatic heterocycles. The van der Waals surface area contributed by atoms with Crippen LogP contribution in [0.1, 0.15) is 12.5 Å². The first-order valence-electron chi connectivity index (χ1n) is 6.08. The second kappa shape index (κ2) is 6.43. The summed E-state index contributed by atoms with van der Waals surface area (Å²) in [4.78, 5) is 27.4. The standard InChI is InChI=1S/C16H13NO3/c1-12-11-14(18)8-9-15(12)17-20-16(19)10-7-13-5-3-2-4-6-13/h2-11H,1H3. The number of rotatable bonds is 3. The molecule has 0 unspecified atom stereocenters. The van der Waals surface area contributed by atoms with Crippen molar-refractivity contribution in [2.24, 2.45) is 5.16 Å². The van der Waals surface area contributed by atoms with Gasteiger partial charge in [-0.15, -0.1) is 0 Å². The fourth-order valence-corrected chi connectivity index (χ4v) is 1.58. The average Bonchev–Trinajstić information content (AvgIpc) is 2.45. The second-order valence-electron chi connectivity index (χ2n) is 4.19. The molecule has 0 spiro atoms. The lowest BCUT2D eigenvalue weighted by Crippen LogP contribution is -2.07. The van der Waals surface area contributed by atoms with E-state index in [4.69, 9.17) is 4.84 Å². The highest BCUT2D eigenvalue weighted by Crippen LogP contribution is 2.07. The highest BCUT2D eigenvalue weighted by atomic mass is 16.7. The maximum absolute atomic E-state index is 11.5. The van der Waals surface area contributed by atoms with Gasteiger partial charge in [0.2, 0.25) is 0 Å². The highest BCUT2D eigenvalue weighted by molar-refractivity contribution is 6.19. The average molecular weight is 267 g/mol. The topological polar surface area (TPSA) is 55.7 Å². The van der Waals surface area contributed by atoms with Gasteiger partial charge in [-0.1, -0.05) is 35.5 Å². The van der Waals surface area contributed by atoms with Crippen molar-refractivity contribution in [1.29, 1.82) is 0 Å². The van der Waals surface area contributed by atoms with Crippen molar-refractivity contribution in [3.63, 3.8) is 0 Å². The molecule has 0 bridgehead atoms. The van der Waals surface area contributed by atoms with Crippen LogP contribution in [0.4, 0.5) is 0 Å². The van der Waals surface area contributed by atoms with E-state index < -0.39 is 5.97 Å². The molecule has 0 amide bonds. The van der Waals surface area contributed by atoms with E-state index in [9.17, 15) is 9.59 Å². The zero-order chi connectivity index (χ0) is 14.4. The predicted octanol–water partition coefficient (Wildman–Crippen LogP) is 2.68. The molecule has 0 radical (unpaired) electrons. The molecule has 4 heteroatoms. The van der Waals surface area contributed by atoms with E-state index in [1.54, 1.807) is 13.0 Å². The SMILES string of the molecule is CC1=CC(=O)C=CC1=NOC(=O)C=Cc1ccccc1. The Balaban J connectivity index is 1.96. The molecule has 0 heterocycles. The number of ketones is 1. The van der Waals surface area contributed by atoms with Crippen LogP contribution in [-0.4, -0.2) is 17.5 Å². The summed E-state index contributed by atoms with van der Waals surface area (Å²) in [7, 11) is 0. The monoisotopic (exact) mass is 267 g/mol. The van der Waals surface area contributed by atoms with E-state index in [0.29, 0.717) is 11.3 Å². The van der Waals surface area contributed by atoms with Gasteiger partial charge in [0.15, 0.2) is 5.78 Å². The summed E-state index contributed by atoms with van der Waals surface area (Å²) in [6, 6.07) is 9.40. The van der Waals surface area contributed by atoms with Crippen LogP contribution in [0.5, 0.6) is 0 Å². The van der Waals surface area contributed by atoms with Gasteiger partial charge in [0.05, 0.1) is 0 Å². The molecule has 2 rings (SSSR count). The quantitative estimate of drug-likeness (QED) is 0.366. The van der Waals surface area contributed by atoms with Crippen LogP contribution in [0.2, 0.25) is 0 Å². The first kappa shape index (κ1) is 13.7. The Morgan fingerprint density at radius 2 is 1.95 bits per heavy atom. The highest BCUT2D eigenvalue weighted by Gasteiger charge is 2.08. The predicted molar refractivity (Wildman–Crippen MR) is 76.9 cm³/mol. The van der Waals surface area contributed by atoms with Crippen LogP contribution in [0.15, 0.2) is 65.4 Å². The third-order valence-electron chi connectivity index (χ3n) is 2.61. The van der Waals surface area contributed by atoms with E-state index in [0.717, 1.165) is 5.56 Å². The first-order valence-corrected chi connectivity index (χ1v) is 6.08. The van der Waals surface area contributed by atoms with Gasteiger partial charge in [0, 0.05) is 6.08 Å². The maximum Gasteiger partial charge on any atom is 0.358 e. The minimum absolute atomic E-state index is 0.100. The molecule has 0 atom stereocenters. The zero-order valence-electron chi connectivity index (χ0n) is 10.9. The molecule has 1 aliphatic carbocycles. The van der Waals surface area contributed by atoms with E-state index in [1.807, 2.05) is 30.3 Å². The van der Waals surface area contributed by atoms with Crippen molar-refractivity contribution in [2.75, 3.05) is 0 Å². The van der Waals surface area contributed by atoms with E-state index in [-0.39, 0.29) is 5.78 Å². The Hall–Kier alpha value is -2.75. The third-order valence-corrected chi connectivity index (χ3v) is 2.61. The summed E-state index contributed by atoms with van der Waals surface area (Å²) in [5.74, 6) is -0.670. The number of benzene rings is 1. The van der Waals surface area contributed by atoms with Crippen molar-refractivity contribution in [3.05, 3.63) is 65.8 Å². The van der Waals surface area contributed by atoms with Crippen molar-refractivity contribution in [3.8, 4) is 0 Å². The molecule has 1 aromatic carbocycles. The summed E-state index contributed by atoms with van der Waals surface area (Å²) in [5.41, 5.74) is 2.03. The number of carbonyl (C=O) groups is 2. The van der Waals surface area contributed by atoms with Crippen molar-refractivity contribution in [2.45, 2.75) is 6.92 Å². The third kappa shape index (κ3) is 3.88. The molecule has 0 saturated carbocycles. The number of nitrogens with zero attached hydrogens (tertiary/aromatic N) is 1. The van der Waals surface area contributed by atoms with E-state index in [1.165, 1.54) is 24.3 Å². The van der Waals surface area contributed by atoms with Gasteiger partial charge in [-0.25, -0.2) is 4.79 Å². The Bertz CT molecular complexity index is 637. The van der Waals surface area contributed by atoms with Crippen molar-refractivity contribution in [1.82, 2.24) is 0 Å². The van der Waals surface area contributed by atoms with E-state index >= 15 is 0 Å². The Morgan fingerprint density at radius 3 is 2.65 bits per heavy atom. The van der Waals surface area contributed by atoms with Crippen molar-refractivity contribution >= 4 is 23.5 Å². The van der Waals surface area contributed by atoms with Crippen LogP contribution < -0.4 is 0 Å². The molecule has 20 heavy (non-hydrogen) atoms. The van der Waals surface area contributed by atoms with Crippen LogP contribution in [0.25, 0.3) is 6.08 Å². The van der Waals surface area contributed by atoms with Gasteiger partial charge in [0.1, 0.15) is 5.71 Å². The van der Waals surface area contributed by atoms with Gasteiger partial charge >= 0.3 is 5.97 Å². The summed E-state index contributed by atoms with van der Waals surface area (Å²) in [6.07, 6.45) is 7.28. The second-order valence-corrected chi connectivity index (χ2v) is 4.19. The molecule has 0 aliphatic heterocycles. The van der Waals surface area contributed by atoms with Gasteiger partial charge < -0.3 is 4.84 Å². The Labute approximate surface area is 116 Å². The molecule has 4 nitrogen and oxygen atoms in total. The summed E-state index contributed by atoms with van der Waals surface area (Å²) >= 11 is 0. The Morgan fingerprint density at radius 1 is 1.20 bits per heavy atom. The summed E-state index contributed by atoms with van der Waals surface area (Å²) < 4.78 is 0. The fraction of sp³-hybridized carbons (Fsp3) is 0.0625. The normalized spacial score (nSPS) is 16.6. The lowest BCUT2D eigenvalue weighted by atomic mass is 10.1. The lowest BCUT2D eigenvalue weighted by molar-refractivity contribution is -0.137. The molecular weight excluding hydrogens is 254 g/mol. The summed E-state index contributed by atoms with van der Waals surface area (Å²) in [5, 5.41) is 3.72. The van der Waals surface area contributed by atoms with Crippen LogP contribution in [0, 0.1) is 0 Å². The number of oxime groups is 1. The first-order chi connectivity index (χ1) is 9.65. The van der Waals surface area contributed by atoms with Crippen LogP contribution in [-0.2, 0) is 14.4 Å². The van der Waals surface area contributed by atoms with Gasteiger partial charge in [0.25, 0.3) is 0 Å². The number of hydrogen-bond acceptors (Lipinski definition) is 4. The molecule has 1 aromatic rings. The van der Waals surface area contributed by atoms with Gasteiger partial charge in [-0.2, -0.15) is 0 Å². The minimum Gasteiger partial charge on any atom is -0.313 e. The maximum atomic E-state index is 11.5. The largest absolute Gasteiger partial charge is 0.358 e. The van der Waals surface area contributed by atoms with Gasteiger partial charge in [-0.3, -0.25) is 4.79 Å². The number of hydrogen-bond donors (Lipinski definition) is 0. The minimum atomic E-state index is -0.570. The summed E-state index contributed by atoms with van der Waals surface area (Å²) in [6.45, 7) is 1.73. The van der Waals surface area contributed by atoms with Gasteiger partial charge in [-0.05, 0) is 42.4 Å². The molecule has 0 fully saturated rings. The van der Waals surface area contributed by atoms with Crippen LogP contribution >= 0.6 is 0 Å². The number of carbonyl (C=O) groups excluding carboxylic acids is 2. The molecular formula is C16H13NO3. The number of allylic oxidation sites excluding steroid dienone is 4. The van der Waals surface area contributed by atoms with E-state index in [2.05, 4.69) is 5.16 Å². The zero-order valence-corrected chi connectivity index (χ0v) is 10.9. The lowest BCUT2D eigenvalue weighted by Gasteiger charge is -2.03.